The Kier molecular flexibility index (Phi) is 3.04. The van der Waals surface area contributed by atoms with E-state index in [1.165, 1.54) is 0 Å². The van der Waals surface area contributed by atoms with Crippen LogP contribution in [0.4, 0.5) is 5.82 Å². The summed E-state index contributed by atoms with van der Waals surface area (Å²) in [7, 11) is 1.85. The molecule has 0 amide bonds. The third kappa shape index (κ3) is 2.30. The van der Waals surface area contributed by atoms with Crippen LogP contribution in [-0.2, 0) is 7.05 Å². The lowest BCUT2D eigenvalue weighted by atomic mass is 10.0. The Labute approximate surface area is 90.9 Å². The molecule has 4 heteroatoms. The molecule has 0 aromatic carbocycles. The Morgan fingerprint density at radius 3 is 2.60 bits per heavy atom. The van der Waals surface area contributed by atoms with Crippen LogP contribution in [0.5, 0.6) is 0 Å². The fraction of sp³-hybridized carbons (Fsp3) is 0.636. The second kappa shape index (κ2) is 3.93. The second-order valence-electron chi connectivity index (χ2n) is 4.41. The first-order chi connectivity index (χ1) is 6.91. The molecular weight excluding hydrogens is 188 g/mol. The molecule has 0 fully saturated rings. The fourth-order valence-electron chi connectivity index (χ4n) is 1.34. The zero-order valence-electron chi connectivity index (χ0n) is 10.0. The van der Waals surface area contributed by atoms with E-state index in [1.807, 2.05) is 14.0 Å². The highest BCUT2D eigenvalue weighted by molar-refractivity contribution is 5.56. The quantitative estimate of drug-likeness (QED) is 0.824. The van der Waals surface area contributed by atoms with Crippen molar-refractivity contribution in [3.05, 3.63) is 11.3 Å². The molecule has 0 saturated carbocycles. The van der Waals surface area contributed by atoms with Gasteiger partial charge in [-0.25, -0.2) is 0 Å². The zero-order chi connectivity index (χ0) is 11.6. The van der Waals surface area contributed by atoms with Crippen LogP contribution in [-0.4, -0.2) is 15.3 Å². The summed E-state index contributed by atoms with van der Waals surface area (Å²) >= 11 is 0. The molecule has 15 heavy (non-hydrogen) atoms. The summed E-state index contributed by atoms with van der Waals surface area (Å²) in [5.74, 6) is 0.807. The summed E-state index contributed by atoms with van der Waals surface area (Å²) in [4.78, 5) is 0. The zero-order valence-corrected chi connectivity index (χ0v) is 10.0. The van der Waals surface area contributed by atoms with Crippen LogP contribution >= 0.6 is 0 Å². The maximum absolute atomic E-state index is 9.04. The van der Waals surface area contributed by atoms with Crippen molar-refractivity contribution in [2.75, 3.05) is 5.32 Å². The van der Waals surface area contributed by atoms with Crippen LogP contribution in [0.2, 0.25) is 0 Å². The molecule has 0 saturated heterocycles. The number of rotatable bonds is 3. The minimum atomic E-state index is -0.0220. The minimum Gasteiger partial charge on any atom is -0.364 e. The molecule has 0 aliphatic heterocycles. The third-order valence-corrected chi connectivity index (χ3v) is 2.67. The van der Waals surface area contributed by atoms with Crippen molar-refractivity contribution in [2.24, 2.45) is 7.05 Å². The van der Waals surface area contributed by atoms with Crippen LogP contribution in [0.25, 0.3) is 0 Å². The number of nitrogens with one attached hydrogen (secondary N) is 1. The number of nitriles is 1. The number of hydrogen-bond donors (Lipinski definition) is 1. The summed E-state index contributed by atoms with van der Waals surface area (Å²) in [6, 6.07) is 2.19. The van der Waals surface area contributed by atoms with Crippen molar-refractivity contribution in [1.82, 2.24) is 9.78 Å². The number of nitrogens with zero attached hydrogens (tertiary/aromatic N) is 3. The summed E-state index contributed by atoms with van der Waals surface area (Å²) in [6.45, 7) is 8.18. The van der Waals surface area contributed by atoms with Crippen molar-refractivity contribution >= 4 is 5.82 Å². The second-order valence-corrected chi connectivity index (χ2v) is 4.41. The van der Waals surface area contributed by atoms with E-state index in [-0.39, 0.29) is 5.54 Å². The van der Waals surface area contributed by atoms with Crippen LogP contribution < -0.4 is 5.32 Å². The number of aromatic nitrogens is 2. The largest absolute Gasteiger partial charge is 0.364 e. The van der Waals surface area contributed by atoms with Crippen molar-refractivity contribution in [1.29, 1.82) is 5.26 Å². The lowest BCUT2D eigenvalue weighted by Crippen LogP contribution is -2.31. The minimum absolute atomic E-state index is 0.0220. The molecule has 0 spiro atoms. The molecular formula is C11H18N4. The highest BCUT2D eigenvalue weighted by atomic mass is 15.3. The average molecular weight is 206 g/mol. The van der Waals surface area contributed by atoms with Gasteiger partial charge in [0.2, 0.25) is 0 Å². The van der Waals surface area contributed by atoms with Gasteiger partial charge in [-0.3, -0.25) is 4.68 Å². The first kappa shape index (κ1) is 11.6. The number of anilines is 1. The van der Waals surface area contributed by atoms with Gasteiger partial charge in [-0.15, -0.1) is 0 Å². The predicted molar refractivity (Wildman–Crippen MR) is 60.7 cm³/mol. The van der Waals surface area contributed by atoms with Crippen LogP contribution in [0.3, 0.4) is 0 Å². The molecule has 1 N–H and O–H groups in total. The SMILES string of the molecule is CCC(C)(C)Nc1c(C#N)c(C)nn1C. The molecule has 1 rings (SSSR count). The van der Waals surface area contributed by atoms with Gasteiger partial charge in [0.05, 0.1) is 5.69 Å². The molecule has 4 nitrogen and oxygen atoms in total. The Morgan fingerprint density at radius 2 is 2.13 bits per heavy atom. The van der Waals surface area contributed by atoms with Gasteiger partial charge in [-0.05, 0) is 27.2 Å². The molecule has 0 aliphatic rings. The average Bonchev–Trinajstić information content (AvgIpc) is 2.41. The van der Waals surface area contributed by atoms with E-state index in [0.29, 0.717) is 5.56 Å². The van der Waals surface area contributed by atoms with E-state index < -0.39 is 0 Å². The maximum Gasteiger partial charge on any atom is 0.142 e. The van der Waals surface area contributed by atoms with E-state index in [4.69, 9.17) is 5.26 Å². The maximum atomic E-state index is 9.04. The fourth-order valence-corrected chi connectivity index (χ4v) is 1.34. The third-order valence-electron chi connectivity index (χ3n) is 2.67. The van der Waals surface area contributed by atoms with E-state index >= 15 is 0 Å². The summed E-state index contributed by atoms with van der Waals surface area (Å²) < 4.78 is 1.73. The Bertz CT molecular complexity index is 395. The summed E-state index contributed by atoms with van der Waals surface area (Å²) in [5.41, 5.74) is 1.39. The molecule has 1 aromatic heterocycles. The smallest absolute Gasteiger partial charge is 0.142 e. The Morgan fingerprint density at radius 1 is 1.53 bits per heavy atom. The van der Waals surface area contributed by atoms with Gasteiger partial charge in [0.25, 0.3) is 0 Å². The summed E-state index contributed by atoms with van der Waals surface area (Å²) in [6.07, 6.45) is 0.988. The van der Waals surface area contributed by atoms with Gasteiger partial charge in [-0.2, -0.15) is 10.4 Å². The lowest BCUT2D eigenvalue weighted by Gasteiger charge is -2.25. The van der Waals surface area contributed by atoms with E-state index in [9.17, 15) is 0 Å². The highest BCUT2D eigenvalue weighted by Crippen LogP contribution is 2.22. The predicted octanol–water partition coefficient (Wildman–Crippen LogP) is 2.20. The molecule has 1 heterocycles. The van der Waals surface area contributed by atoms with Crippen molar-refractivity contribution in [3.63, 3.8) is 0 Å². The normalized spacial score (nSPS) is 11.2. The van der Waals surface area contributed by atoms with Gasteiger partial charge in [0.1, 0.15) is 17.5 Å². The van der Waals surface area contributed by atoms with Crippen LogP contribution in [0, 0.1) is 18.3 Å². The monoisotopic (exact) mass is 206 g/mol. The van der Waals surface area contributed by atoms with Gasteiger partial charge in [0, 0.05) is 12.6 Å². The topological polar surface area (TPSA) is 53.6 Å². The number of aryl methyl sites for hydroxylation is 2. The highest BCUT2D eigenvalue weighted by Gasteiger charge is 2.20. The molecule has 0 aliphatic carbocycles. The van der Waals surface area contributed by atoms with Crippen molar-refractivity contribution < 1.29 is 0 Å². The first-order valence-electron chi connectivity index (χ1n) is 5.13. The lowest BCUT2D eigenvalue weighted by molar-refractivity contribution is 0.538. The first-order valence-corrected chi connectivity index (χ1v) is 5.13. The van der Waals surface area contributed by atoms with Crippen LogP contribution in [0.1, 0.15) is 38.4 Å². The molecule has 0 atom stereocenters. The van der Waals surface area contributed by atoms with Gasteiger partial charge in [-0.1, -0.05) is 6.92 Å². The number of hydrogen-bond acceptors (Lipinski definition) is 3. The molecule has 1 aromatic rings. The van der Waals surface area contributed by atoms with Gasteiger partial charge in [0.15, 0.2) is 0 Å². The van der Waals surface area contributed by atoms with Gasteiger partial charge >= 0.3 is 0 Å². The van der Waals surface area contributed by atoms with E-state index in [2.05, 4.69) is 37.3 Å². The summed E-state index contributed by atoms with van der Waals surface area (Å²) in [5, 5.41) is 16.6. The molecule has 0 bridgehead atoms. The van der Waals surface area contributed by atoms with Crippen LogP contribution in [0.15, 0.2) is 0 Å². The molecule has 82 valence electrons. The van der Waals surface area contributed by atoms with Crippen molar-refractivity contribution in [3.8, 4) is 6.07 Å². The Balaban J connectivity index is 3.10. The van der Waals surface area contributed by atoms with E-state index in [0.717, 1.165) is 17.9 Å². The molecule has 0 unspecified atom stereocenters. The van der Waals surface area contributed by atoms with E-state index in [1.54, 1.807) is 4.68 Å². The van der Waals surface area contributed by atoms with Gasteiger partial charge < -0.3 is 5.32 Å². The van der Waals surface area contributed by atoms with Crippen molar-refractivity contribution in [2.45, 2.75) is 39.7 Å². The Hall–Kier alpha value is -1.50. The molecule has 0 radical (unpaired) electrons. The standard InChI is InChI=1S/C11H18N4/c1-6-11(3,4)13-10-9(7-12)8(2)14-15(10)5/h13H,6H2,1-5H3.